The Bertz CT molecular complexity index is 547. The molecule has 1 aliphatic rings. The van der Waals surface area contributed by atoms with Gasteiger partial charge >= 0.3 is 0 Å². The van der Waals surface area contributed by atoms with Crippen molar-refractivity contribution in [1.82, 2.24) is 10.2 Å². The first-order valence-corrected chi connectivity index (χ1v) is 7.84. The van der Waals surface area contributed by atoms with E-state index in [2.05, 4.69) is 17.4 Å². The van der Waals surface area contributed by atoms with Crippen LogP contribution in [0.15, 0.2) is 42.0 Å². The summed E-state index contributed by atoms with van der Waals surface area (Å²) in [6.45, 7) is 5.22. The molecule has 0 radical (unpaired) electrons. The van der Waals surface area contributed by atoms with Crippen molar-refractivity contribution in [3.05, 3.63) is 47.5 Å². The molecule has 4 nitrogen and oxygen atoms in total. The first-order valence-electron chi connectivity index (χ1n) is 7.84. The zero-order valence-electron chi connectivity index (χ0n) is 13.3. The van der Waals surface area contributed by atoms with Crippen LogP contribution in [-0.2, 0) is 16.0 Å². The molecule has 1 aliphatic heterocycles. The molecule has 1 heterocycles. The number of rotatable bonds is 6. The minimum atomic E-state index is -0.361. The second kappa shape index (κ2) is 7.78. The van der Waals surface area contributed by atoms with Crippen molar-refractivity contribution in [2.45, 2.75) is 39.2 Å². The maximum atomic E-state index is 12.3. The van der Waals surface area contributed by atoms with Crippen molar-refractivity contribution in [3.63, 3.8) is 0 Å². The minimum Gasteiger partial charge on any atom is -0.341 e. The number of likely N-dealkylation sites (tertiary alicyclic amines) is 1. The summed E-state index contributed by atoms with van der Waals surface area (Å²) >= 11 is 0. The van der Waals surface area contributed by atoms with Crippen LogP contribution in [0.5, 0.6) is 0 Å². The van der Waals surface area contributed by atoms with Crippen molar-refractivity contribution < 1.29 is 9.59 Å². The van der Waals surface area contributed by atoms with E-state index in [1.807, 2.05) is 36.9 Å². The van der Waals surface area contributed by atoms with Gasteiger partial charge in [-0.2, -0.15) is 0 Å². The lowest BCUT2D eigenvalue weighted by molar-refractivity contribution is -0.131. The van der Waals surface area contributed by atoms with E-state index >= 15 is 0 Å². The normalized spacial score (nSPS) is 17.5. The van der Waals surface area contributed by atoms with E-state index in [1.54, 1.807) is 0 Å². The van der Waals surface area contributed by atoms with Crippen LogP contribution >= 0.6 is 0 Å². The van der Waals surface area contributed by atoms with Gasteiger partial charge in [0.1, 0.15) is 6.04 Å². The van der Waals surface area contributed by atoms with Crippen LogP contribution < -0.4 is 5.32 Å². The standard InChI is InChI=1S/C18H24N2O2/c1-14(2)13-17(21)19-16-10-12-20(18(16)22)11-6-9-15-7-4-3-5-8-15/h3-5,7-8,13,16H,6,9-12H2,1-2H3,(H,19,21)/t16-/m1/s1. The van der Waals surface area contributed by atoms with E-state index in [0.29, 0.717) is 6.42 Å². The Labute approximate surface area is 132 Å². The smallest absolute Gasteiger partial charge is 0.245 e. The van der Waals surface area contributed by atoms with Crippen LogP contribution in [0.25, 0.3) is 0 Å². The van der Waals surface area contributed by atoms with Gasteiger partial charge in [0.05, 0.1) is 0 Å². The Kier molecular flexibility index (Phi) is 5.75. The second-order valence-electron chi connectivity index (χ2n) is 5.99. The molecule has 4 heteroatoms. The Morgan fingerprint density at radius 2 is 2.05 bits per heavy atom. The van der Waals surface area contributed by atoms with Crippen molar-refractivity contribution >= 4 is 11.8 Å². The number of carbonyl (C=O) groups excluding carboxylic acids is 2. The summed E-state index contributed by atoms with van der Waals surface area (Å²) in [6.07, 6.45) is 4.15. The number of carbonyl (C=O) groups is 2. The zero-order chi connectivity index (χ0) is 15.9. The molecule has 118 valence electrons. The van der Waals surface area contributed by atoms with Gasteiger partial charge in [-0.15, -0.1) is 0 Å². The molecule has 0 spiro atoms. The van der Waals surface area contributed by atoms with Crippen LogP contribution in [0.2, 0.25) is 0 Å². The quantitative estimate of drug-likeness (QED) is 0.820. The molecule has 0 aliphatic carbocycles. The van der Waals surface area contributed by atoms with Crippen molar-refractivity contribution in [3.8, 4) is 0 Å². The molecule has 1 N–H and O–H groups in total. The Morgan fingerprint density at radius 1 is 1.32 bits per heavy atom. The van der Waals surface area contributed by atoms with Crippen LogP contribution in [0.4, 0.5) is 0 Å². The van der Waals surface area contributed by atoms with Crippen LogP contribution in [0.1, 0.15) is 32.3 Å². The lowest BCUT2D eigenvalue weighted by atomic mass is 10.1. The Balaban J connectivity index is 1.76. The van der Waals surface area contributed by atoms with Crippen molar-refractivity contribution in [1.29, 1.82) is 0 Å². The van der Waals surface area contributed by atoms with Gasteiger partial charge in [0.15, 0.2) is 0 Å². The predicted molar refractivity (Wildman–Crippen MR) is 87.3 cm³/mol. The second-order valence-corrected chi connectivity index (χ2v) is 5.99. The number of nitrogens with one attached hydrogen (secondary N) is 1. The summed E-state index contributed by atoms with van der Waals surface area (Å²) in [6, 6.07) is 9.92. The summed E-state index contributed by atoms with van der Waals surface area (Å²) in [5.74, 6) is -0.131. The fourth-order valence-corrected chi connectivity index (χ4v) is 2.69. The summed E-state index contributed by atoms with van der Waals surface area (Å²) < 4.78 is 0. The minimum absolute atomic E-state index is 0.0450. The van der Waals surface area contributed by atoms with Crippen LogP contribution in [-0.4, -0.2) is 35.8 Å². The summed E-state index contributed by atoms with van der Waals surface area (Å²) in [7, 11) is 0. The molecule has 0 saturated carbocycles. The lowest BCUT2D eigenvalue weighted by Gasteiger charge is -2.16. The molecule has 2 rings (SSSR count). The molecule has 1 aromatic rings. The SMILES string of the molecule is CC(C)=CC(=O)N[C@@H]1CCN(CCCc2ccccc2)C1=O. The van der Waals surface area contributed by atoms with E-state index in [-0.39, 0.29) is 17.9 Å². The third-order valence-electron chi connectivity index (χ3n) is 3.77. The molecular weight excluding hydrogens is 276 g/mol. The van der Waals surface area contributed by atoms with Crippen LogP contribution in [0, 0.1) is 0 Å². The average molecular weight is 300 g/mol. The van der Waals surface area contributed by atoms with Crippen LogP contribution in [0.3, 0.4) is 0 Å². The van der Waals surface area contributed by atoms with Gasteiger partial charge in [-0.25, -0.2) is 0 Å². The highest BCUT2D eigenvalue weighted by Crippen LogP contribution is 2.13. The molecule has 0 aromatic heterocycles. The Morgan fingerprint density at radius 3 is 2.73 bits per heavy atom. The molecule has 22 heavy (non-hydrogen) atoms. The lowest BCUT2D eigenvalue weighted by Crippen LogP contribution is -2.41. The molecule has 1 fully saturated rings. The van der Waals surface area contributed by atoms with Gasteiger partial charge in [0.2, 0.25) is 11.8 Å². The van der Waals surface area contributed by atoms with Gasteiger partial charge in [0.25, 0.3) is 0 Å². The van der Waals surface area contributed by atoms with Gasteiger partial charge in [-0.1, -0.05) is 35.9 Å². The molecule has 0 bridgehead atoms. The number of hydrogen-bond acceptors (Lipinski definition) is 2. The third kappa shape index (κ3) is 4.72. The molecule has 1 aromatic carbocycles. The number of nitrogens with zero attached hydrogens (tertiary/aromatic N) is 1. The number of allylic oxidation sites excluding steroid dienone is 1. The zero-order valence-corrected chi connectivity index (χ0v) is 13.3. The topological polar surface area (TPSA) is 49.4 Å². The van der Waals surface area contributed by atoms with E-state index < -0.39 is 0 Å². The highest BCUT2D eigenvalue weighted by Gasteiger charge is 2.31. The van der Waals surface area contributed by atoms with E-state index in [1.165, 1.54) is 11.6 Å². The fourth-order valence-electron chi connectivity index (χ4n) is 2.69. The van der Waals surface area contributed by atoms with Gasteiger partial charge in [-0.05, 0) is 38.7 Å². The monoisotopic (exact) mass is 300 g/mol. The summed E-state index contributed by atoms with van der Waals surface area (Å²) in [5, 5.41) is 2.79. The van der Waals surface area contributed by atoms with Gasteiger partial charge in [-0.3, -0.25) is 9.59 Å². The van der Waals surface area contributed by atoms with Crippen molar-refractivity contribution in [2.24, 2.45) is 0 Å². The highest BCUT2D eigenvalue weighted by atomic mass is 16.2. The van der Waals surface area contributed by atoms with E-state index in [9.17, 15) is 9.59 Å². The van der Waals surface area contributed by atoms with E-state index in [0.717, 1.165) is 31.5 Å². The summed E-state index contributed by atoms with van der Waals surface area (Å²) in [4.78, 5) is 25.8. The summed E-state index contributed by atoms with van der Waals surface area (Å²) in [5.41, 5.74) is 2.23. The highest BCUT2D eigenvalue weighted by molar-refractivity contribution is 5.94. The number of benzene rings is 1. The molecule has 2 amide bonds. The molecule has 1 saturated heterocycles. The average Bonchev–Trinajstić information content (AvgIpc) is 2.80. The predicted octanol–water partition coefficient (Wildman–Crippen LogP) is 2.30. The van der Waals surface area contributed by atoms with Gasteiger partial charge in [0, 0.05) is 19.2 Å². The van der Waals surface area contributed by atoms with Gasteiger partial charge < -0.3 is 10.2 Å². The number of amides is 2. The molecular formula is C18H24N2O2. The first kappa shape index (κ1) is 16.3. The first-order chi connectivity index (χ1) is 10.6. The van der Waals surface area contributed by atoms with E-state index in [4.69, 9.17) is 0 Å². The number of aryl methyl sites for hydroxylation is 1. The largest absolute Gasteiger partial charge is 0.341 e. The molecule has 0 unspecified atom stereocenters. The fraction of sp³-hybridized carbons (Fsp3) is 0.444. The van der Waals surface area contributed by atoms with Crippen molar-refractivity contribution in [2.75, 3.05) is 13.1 Å². The maximum Gasteiger partial charge on any atom is 0.245 e. The number of hydrogen-bond donors (Lipinski definition) is 1. The molecule has 1 atom stereocenters. The maximum absolute atomic E-state index is 12.3. The third-order valence-corrected chi connectivity index (χ3v) is 3.77. The Hall–Kier alpha value is -2.10.